The Kier molecular flexibility index (Phi) is 4.91. The molecule has 3 heteroatoms. The fourth-order valence-electron chi connectivity index (χ4n) is 2.04. The molecular formula is C17H19NO2. The van der Waals surface area contributed by atoms with Crippen molar-refractivity contribution >= 4 is 5.97 Å². The van der Waals surface area contributed by atoms with Crippen LogP contribution in [0.3, 0.4) is 0 Å². The van der Waals surface area contributed by atoms with Crippen LogP contribution >= 0.6 is 0 Å². The molecule has 2 rings (SSSR count). The SMILES string of the molecule is CCOC(=O)c1ccc(-c2ccc(CCN)cc2)cc1. The van der Waals surface area contributed by atoms with E-state index in [0.29, 0.717) is 18.7 Å². The summed E-state index contributed by atoms with van der Waals surface area (Å²) < 4.78 is 4.97. The van der Waals surface area contributed by atoms with Crippen LogP contribution in [0.4, 0.5) is 0 Å². The van der Waals surface area contributed by atoms with Crippen LogP contribution < -0.4 is 5.73 Å². The Labute approximate surface area is 119 Å². The number of nitrogens with two attached hydrogens (primary N) is 1. The number of hydrogen-bond donors (Lipinski definition) is 1. The summed E-state index contributed by atoms with van der Waals surface area (Å²) in [6.45, 7) is 2.85. The van der Waals surface area contributed by atoms with Crippen molar-refractivity contribution < 1.29 is 9.53 Å². The van der Waals surface area contributed by atoms with E-state index in [1.165, 1.54) is 5.56 Å². The van der Waals surface area contributed by atoms with Gasteiger partial charge in [-0.3, -0.25) is 0 Å². The maximum atomic E-state index is 11.6. The molecule has 0 aliphatic rings. The van der Waals surface area contributed by atoms with Crippen molar-refractivity contribution in [3.8, 4) is 11.1 Å². The van der Waals surface area contributed by atoms with Crippen LogP contribution in [0.25, 0.3) is 11.1 Å². The summed E-state index contributed by atoms with van der Waals surface area (Å²) in [7, 11) is 0. The Morgan fingerprint density at radius 3 is 2.05 bits per heavy atom. The summed E-state index contributed by atoms with van der Waals surface area (Å²) in [5, 5.41) is 0. The zero-order chi connectivity index (χ0) is 14.4. The lowest BCUT2D eigenvalue weighted by Crippen LogP contribution is -2.04. The molecule has 0 aliphatic heterocycles. The second-order valence-electron chi connectivity index (χ2n) is 4.53. The Balaban J connectivity index is 2.15. The van der Waals surface area contributed by atoms with Gasteiger partial charge in [0.1, 0.15) is 0 Å². The van der Waals surface area contributed by atoms with Crippen molar-refractivity contribution in [2.45, 2.75) is 13.3 Å². The second kappa shape index (κ2) is 6.87. The van der Waals surface area contributed by atoms with Gasteiger partial charge >= 0.3 is 5.97 Å². The molecule has 0 fully saturated rings. The van der Waals surface area contributed by atoms with E-state index in [9.17, 15) is 4.79 Å². The summed E-state index contributed by atoms with van der Waals surface area (Å²) in [6.07, 6.45) is 0.891. The lowest BCUT2D eigenvalue weighted by molar-refractivity contribution is 0.0526. The van der Waals surface area contributed by atoms with Gasteiger partial charge in [-0.15, -0.1) is 0 Å². The number of esters is 1. The van der Waals surface area contributed by atoms with Crippen molar-refractivity contribution in [2.24, 2.45) is 5.73 Å². The fraction of sp³-hybridized carbons (Fsp3) is 0.235. The van der Waals surface area contributed by atoms with Crippen molar-refractivity contribution in [2.75, 3.05) is 13.2 Å². The van der Waals surface area contributed by atoms with Crippen molar-refractivity contribution in [3.05, 3.63) is 59.7 Å². The third kappa shape index (κ3) is 3.45. The molecule has 0 spiro atoms. The summed E-state index contributed by atoms with van der Waals surface area (Å²) in [4.78, 5) is 11.6. The quantitative estimate of drug-likeness (QED) is 0.849. The van der Waals surface area contributed by atoms with Gasteiger partial charge in [-0.05, 0) is 48.7 Å². The number of benzene rings is 2. The molecule has 0 saturated carbocycles. The average molecular weight is 269 g/mol. The standard InChI is InChI=1S/C17H19NO2/c1-2-20-17(19)16-9-7-15(8-10-16)14-5-3-13(4-6-14)11-12-18/h3-10H,2,11-12,18H2,1H3. The minimum atomic E-state index is -0.280. The van der Waals surface area contributed by atoms with Gasteiger partial charge in [0, 0.05) is 0 Å². The lowest BCUT2D eigenvalue weighted by atomic mass is 10.0. The van der Waals surface area contributed by atoms with Gasteiger partial charge in [0.15, 0.2) is 0 Å². The molecular weight excluding hydrogens is 250 g/mol. The highest BCUT2D eigenvalue weighted by Gasteiger charge is 2.06. The molecule has 2 aromatic rings. The average Bonchev–Trinajstić information content (AvgIpc) is 2.49. The van der Waals surface area contributed by atoms with Gasteiger partial charge in [0.2, 0.25) is 0 Å². The van der Waals surface area contributed by atoms with Crippen LogP contribution in [-0.4, -0.2) is 19.1 Å². The molecule has 0 aromatic heterocycles. The van der Waals surface area contributed by atoms with E-state index < -0.39 is 0 Å². The van der Waals surface area contributed by atoms with Crippen molar-refractivity contribution in [1.82, 2.24) is 0 Å². The lowest BCUT2D eigenvalue weighted by Gasteiger charge is -2.05. The Morgan fingerprint density at radius 1 is 1.00 bits per heavy atom. The minimum absolute atomic E-state index is 0.280. The summed E-state index contributed by atoms with van der Waals surface area (Å²) in [5.74, 6) is -0.280. The third-order valence-corrected chi connectivity index (χ3v) is 3.12. The fourth-order valence-corrected chi connectivity index (χ4v) is 2.04. The molecule has 104 valence electrons. The molecule has 0 amide bonds. The first-order valence-corrected chi connectivity index (χ1v) is 6.81. The maximum Gasteiger partial charge on any atom is 0.338 e. The van der Waals surface area contributed by atoms with Crippen LogP contribution in [-0.2, 0) is 11.2 Å². The van der Waals surface area contributed by atoms with Gasteiger partial charge in [-0.2, -0.15) is 0 Å². The zero-order valence-electron chi connectivity index (χ0n) is 11.6. The monoisotopic (exact) mass is 269 g/mol. The summed E-state index contributed by atoms with van der Waals surface area (Å²) in [5.41, 5.74) is 9.56. The van der Waals surface area contributed by atoms with Crippen molar-refractivity contribution in [1.29, 1.82) is 0 Å². The van der Waals surface area contributed by atoms with Crippen LogP contribution in [0.15, 0.2) is 48.5 Å². The first-order valence-electron chi connectivity index (χ1n) is 6.81. The molecule has 0 aliphatic carbocycles. The summed E-state index contributed by atoms with van der Waals surface area (Å²) in [6, 6.07) is 15.8. The second-order valence-corrected chi connectivity index (χ2v) is 4.53. The van der Waals surface area contributed by atoms with E-state index in [0.717, 1.165) is 17.5 Å². The third-order valence-electron chi connectivity index (χ3n) is 3.12. The van der Waals surface area contributed by atoms with Crippen LogP contribution in [0, 0.1) is 0 Å². The Morgan fingerprint density at radius 2 is 1.55 bits per heavy atom. The highest BCUT2D eigenvalue weighted by molar-refractivity contribution is 5.90. The highest BCUT2D eigenvalue weighted by Crippen LogP contribution is 2.20. The van der Waals surface area contributed by atoms with Gasteiger partial charge in [0.25, 0.3) is 0 Å². The number of carbonyl (C=O) groups is 1. The number of hydrogen-bond acceptors (Lipinski definition) is 3. The maximum absolute atomic E-state index is 11.6. The predicted molar refractivity (Wildman–Crippen MR) is 80.6 cm³/mol. The molecule has 0 unspecified atom stereocenters. The van der Waals surface area contributed by atoms with Gasteiger partial charge < -0.3 is 10.5 Å². The van der Waals surface area contributed by atoms with E-state index in [4.69, 9.17) is 10.5 Å². The topological polar surface area (TPSA) is 52.3 Å². The minimum Gasteiger partial charge on any atom is -0.462 e. The zero-order valence-corrected chi connectivity index (χ0v) is 11.6. The van der Waals surface area contributed by atoms with E-state index in [1.807, 2.05) is 12.1 Å². The molecule has 0 atom stereocenters. The molecule has 0 radical (unpaired) electrons. The molecule has 0 heterocycles. The van der Waals surface area contributed by atoms with E-state index >= 15 is 0 Å². The van der Waals surface area contributed by atoms with Crippen LogP contribution in [0.5, 0.6) is 0 Å². The van der Waals surface area contributed by atoms with Gasteiger partial charge in [-0.1, -0.05) is 36.4 Å². The number of rotatable bonds is 5. The Hall–Kier alpha value is -2.13. The smallest absolute Gasteiger partial charge is 0.338 e. The molecule has 2 aromatic carbocycles. The largest absolute Gasteiger partial charge is 0.462 e. The van der Waals surface area contributed by atoms with E-state index in [-0.39, 0.29) is 5.97 Å². The number of carbonyl (C=O) groups excluding carboxylic acids is 1. The molecule has 3 nitrogen and oxygen atoms in total. The van der Waals surface area contributed by atoms with Gasteiger partial charge in [-0.25, -0.2) is 4.79 Å². The molecule has 0 saturated heterocycles. The highest BCUT2D eigenvalue weighted by atomic mass is 16.5. The first kappa shape index (κ1) is 14.3. The van der Waals surface area contributed by atoms with Crippen molar-refractivity contribution in [3.63, 3.8) is 0 Å². The number of ether oxygens (including phenoxy) is 1. The van der Waals surface area contributed by atoms with Crippen LogP contribution in [0.2, 0.25) is 0 Å². The predicted octanol–water partition coefficient (Wildman–Crippen LogP) is 3.03. The molecule has 0 bridgehead atoms. The van der Waals surface area contributed by atoms with Crippen LogP contribution in [0.1, 0.15) is 22.8 Å². The normalized spacial score (nSPS) is 10.3. The summed E-state index contributed by atoms with van der Waals surface area (Å²) >= 11 is 0. The first-order chi connectivity index (χ1) is 9.74. The Bertz CT molecular complexity index is 559. The van der Waals surface area contributed by atoms with E-state index in [1.54, 1.807) is 19.1 Å². The van der Waals surface area contributed by atoms with E-state index in [2.05, 4.69) is 24.3 Å². The van der Waals surface area contributed by atoms with Gasteiger partial charge in [0.05, 0.1) is 12.2 Å². The molecule has 20 heavy (non-hydrogen) atoms. The molecule has 2 N–H and O–H groups in total.